The summed E-state index contributed by atoms with van der Waals surface area (Å²) < 4.78 is 5.33. The van der Waals surface area contributed by atoms with E-state index in [1.54, 1.807) is 0 Å². The standard InChI is InChI=1S/C8H16N2O/c1-11-6-2-3-7-8(4-6)10-5-9-7/h6-10H,2-5H2,1H3. The van der Waals surface area contributed by atoms with E-state index in [0.717, 1.165) is 6.67 Å². The first kappa shape index (κ1) is 7.53. The van der Waals surface area contributed by atoms with Gasteiger partial charge in [-0.15, -0.1) is 0 Å². The van der Waals surface area contributed by atoms with Crippen molar-refractivity contribution < 1.29 is 4.74 Å². The van der Waals surface area contributed by atoms with Gasteiger partial charge in [-0.3, -0.25) is 0 Å². The fourth-order valence-corrected chi connectivity index (χ4v) is 2.14. The summed E-state index contributed by atoms with van der Waals surface area (Å²) in [6, 6.07) is 1.37. The van der Waals surface area contributed by atoms with Crippen molar-refractivity contribution in [2.45, 2.75) is 37.5 Å². The largest absolute Gasteiger partial charge is 0.381 e. The minimum Gasteiger partial charge on any atom is -0.381 e. The lowest BCUT2D eigenvalue weighted by molar-refractivity contribution is 0.0578. The molecule has 1 saturated heterocycles. The fraction of sp³-hybridized carbons (Fsp3) is 1.00. The van der Waals surface area contributed by atoms with Crippen LogP contribution in [0.1, 0.15) is 19.3 Å². The van der Waals surface area contributed by atoms with Crippen molar-refractivity contribution in [3.63, 3.8) is 0 Å². The summed E-state index contributed by atoms with van der Waals surface area (Å²) in [5.74, 6) is 0. The van der Waals surface area contributed by atoms with Crippen LogP contribution in [-0.2, 0) is 4.74 Å². The van der Waals surface area contributed by atoms with Crippen LogP contribution >= 0.6 is 0 Å². The third kappa shape index (κ3) is 1.41. The molecule has 0 radical (unpaired) electrons. The van der Waals surface area contributed by atoms with Gasteiger partial charge in [0.15, 0.2) is 0 Å². The maximum absolute atomic E-state index is 5.33. The van der Waals surface area contributed by atoms with E-state index in [2.05, 4.69) is 10.6 Å². The molecular formula is C8H16N2O. The van der Waals surface area contributed by atoms with Crippen LogP contribution in [0, 0.1) is 0 Å². The highest BCUT2D eigenvalue weighted by atomic mass is 16.5. The van der Waals surface area contributed by atoms with Crippen molar-refractivity contribution >= 4 is 0 Å². The monoisotopic (exact) mass is 156 g/mol. The van der Waals surface area contributed by atoms with Gasteiger partial charge in [-0.2, -0.15) is 0 Å². The van der Waals surface area contributed by atoms with E-state index in [-0.39, 0.29) is 0 Å². The Labute approximate surface area is 67.5 Å². The fourth-order valence-electron chi connectivity index (χ4n) is 2.14. The maximum Gasteiger partial charge on any atom is 0.0587 e. The number of hydrogen-bond acceptors (Lipinski definition) is 3. The lowest BCUT2D eigenvalue weighted by Gasteiger charge is -2.30. The number of ether oxygens (including phenoxy) is 1. The third-order valence-corrected chi connectivity index (χ3v) is 2.86. The normalized spacial score (nSPS) is 43.9. The Morgan fingerprint density at radius 3 is 2.82 bits per heavy atom. The van der Waals surface area contributed by atoms with Gasteiger partial charge >= 0.3 is 0 Å². The molecule has 3 nitrogen and oxygen atoms in total. The Morgan fingerprint density at radius 1 is 1.18 bits per heavy atom. The molecule has 1 aliphatic carbocycles. The van der Waals surface area contributed by atoms with Crippen LogP contribution in [-0.4, -0.2) is 32.0 Å². The molecule has 0 aromatic rings. The minimum absolute atomic E-state index is 0.489. The van der Waals surface area contributed by atoms with E-state index < -0.39 is 0 Å². The molecule has 0 spiro atoms. The Morgan fingerprint density at radius 2 is 2.00 bits per heavy atom. The van der Waals surface area contributed by atoms with Crippen LogP contribution in [0.25, 0.3) is 0 Å². The van der Waals surface area contributed by atoms with Gasteiger partial charge in [0, 0.05) is 25.9 Å². The Bertz CT molecular complexity index is 140. The average molecular weight is 156 g/mol. The number of nitrogens with one attached hydrogen (secondary N) is 2. The molecule has 64 valence electrons. The third-order valence-electron chi connectivity index (χ3n) is 2.86. The maximum atomic E-state index is 5.33. The summed E-state index contributed by atoms with van der Waals surface area (Å²) in [7, 11) is 1.81. The zero-order valence-corrected chi connectivity index (χ0v) is 6.97. The summed E-state index contributed by atoms with van der Waals surface area (Å²) in [6.45, 7) is 0.978. The summed E-state index contributed by atoms with van der Waals surface area (Å²) in [6.07, 6.45) is 4.14. The summed E-state index contributed by atoms with van der Waals surface area (Å²) in [5.41, 5.74) is 0. The number of fused-ring (bicyclic) bond motifs is 1. The summed E-state index contributed by atoms with van der Waals surface area (Å²) >= 11 is 0. The molecule has 11 heavy (non-hydrogen) atoms. The van der Waals surface area contributed by atoms with E-state index >= 15 is 0 Å². The minimum atomic E-state index is 0.489. The molecule has 0 aromatic carbocycles. The van der Waals surface area contributed by atoms with Crippen LogP contribution in [0.3, 0.4) is 0 Å². The van der Waals surface area contributed by atoms with Crippen LogP contribution < -0.4 is 10.6 Å². The van der Waals surface area contributed by atoms with E-state index in [0.29, 0.717) is 18.2 Å². The average Bonchev–Trinajstić information content (AvgIpc) is 2.50. The lowest BCUT2D eigenvalue weighted by Crippen LogP contribution is -2.41. The van der Waals surface area contributed by atoms with E-state index in [9.17, 15) is 0 Å². The molecule has 0 bridgehead atoms. The second-order valence-electron chi connectivity index (χ2n) is 3.47. The number of hydrogen-bond donors (Lipinski definition) is 2. The predicted octanol–water partition coefficient (Wildman–Crippen LogP) is 0.0728. The van der Waals surface area contributed by atoms with E-state index in [1.165, 1.54) is 19.3 Å². The molecule has 2 aliphatic rings. The second-order valence-corrected chi connectivity index (χ2v) is 3.47. The molecule has 0 amide bonds. The lowest BCUT2D eigenvalue weighted by atomic mass is 9.89. The van der Waals surface area contributed by atoms with Crippen LogP contribution in [0.4, 0.5) is 0 Å². The van der Waals surface area contributed by atoms with Gasteiger partial charge in [0.05, 0.1) is 6.10 Å². The zero-order valence-electron chi connectivity index (χ0n) is 6.97. The number of methoxy groups -OCH3 is 1. The van der Waals surface area contributed by atoms with Crippen molar-refractivity contribution in [1.82, 2.24) is 10.6 Å². The van der Waals surface area contributed by atoms with E-state index in [1.807, 2.05) is 7.11 Å². The van der Waals surface area contributed by atoms with Crippen LogP contribution in [0.5, 0.6) is 0 Å². The van der Waals surface area contributed by atoms with E-state index in [4.69, 9.17) is 4.74 Å². The van der Waals surface area contributed by atoms with Gasteiger partial charge in [0.2, 0.25) is 0 Å². The topological polar surface area (TPSA) is 33.3 Å². The molecule has 2 N–H and O–H groups in total. The van der Waals surface area contributed by atoms with Gasteiger partial charge in [-0.1, -0.05) is 0 Å². The summed E-state index contributed by atoms with van der Waals surface area (Å²) in [5, 5.41) is 6.87. The molecular weight excluding hydrogens is 140 g/mol. The molecule has 1 heterocycles. The van der Waals surface area contributed by atoms with Gasteiger partial charge in [-0.05, 0) is 19.3 Å². The predicted molar refractivity (Wildman–Crippen MR) is 43.4 cm³/mol. The molecule has 3 heteroatoms. The molecule has 1 saturated carbocycles. The highest BCUT2D eigenvalue weighted by Gasteiger charge is 2.33. The molecule has 3 unspecified atom stereocenters. The molecule has 2 fully saturated rings. The Balaban J connectivity index is 1.91. The highest BCUT2D eigenvalue weighted by molar-refractivity contribution is 4.93. The van der Waals surface area contributed by atoms with Gasteiger partial charge in [-0.25, -0.2) is 0 Å². The van der Waals surface area contributed by atoms with Gasteiger partial charge < -0.3 is 15.4 Å². The Hall–Kier alpha value is -0.120. The van der Waals surface area contributed by atoms with Crippen molar-refractivity contribution in [2.24, 2.45) is 0 Å². The second kappa shape index (κ2) is 3.09. The first-order valence-corrected chi connectivity index (χ1v) is 4.39. The molecule has 2 rings (SSSR count). The van der Waals surface area contributed by atoms with Gasteiger partial charge in [0.1, 0.15) is 0 Å². The van der Waals surface area contributed by atoms with Crippen LogP contribution in [0.15, 0.2) is 0 Å². The van der Waals surface area contributed by atoms with Crippen molar-refractivity contribution in [2.75, 3.05) is 13.8 Å². The smallest absolute Gasteiger partial charge is 0.0587 e. The molecule has 1 aliphatic heterocycles. The number of rotatable bonds is 1. The Kier molecular flexibility index (Phi) is 2.11. The first-order valence-electron chi connectivity index (χ1n) is 4.39. The van der Waals surface area contributed by atoms with Crippen LogP contribution in [0.2, 0.25) is 0 Å². The first-order chi connectivity index (χ1) is 5.40. The van der Waals surface area contributed by atoms with Crippen molar-refractivity contribution in [3.8, 4) is 0 Å². The molecule has 0 aromatic heterocycles. The summed E-state index contributed by atoms with van der Waals surface area (Å²) in [4.78, 5) is 0. The zero-order chi connectivity index (χ0) is 7.68. The van der Waals surface area contributed by atoms with Crippen molar-refractivity contribution in [3.05, 3.63) is 0 Å². The molecule has 3 atom stereocenters. The quantitative estimate of drug-likeness (QED) is 0.564. The van der Waals surface area contributed by atoms with Gasteiger partial charge in [0.25, 0.3) is 0 Å². The SMILES string of the molecule is COC1CCC2NCNC2C1. The van der Waals surface area contributed by atoms with Crippen molar-refractivity contribution in [1.29, 1.82) is 0 Å². The highest BCUT2D eigenvalue weighted by Crippen LogP contribution is 2.23.